The number of thiocarbonyl (C=S) groups is 1. The molecule has 1 aliphatic rings. The Hall–Kier alpha value is -0.500. The summed E-state index contributed by atoms with van der Waals surface area (Å²) in [5.74, 6) is 1.14. The Morgan fingerprint density at radius 1 is 1.12 bits per heavy atom. The van der Waals surface area contributed by atoms with Gasteiger partial charge in [0.2, 0.25) is 0 Å². The monoisotopic (exact) mass is 543 g/mol. The van der Waals surface area contributed by atoms with Crippen molar-refractivity contribution in [3.63, 3.8) is 0 Å². The van der Waals surface area contributed by atoms with E-state index in [4.69, 9.17) is 17.0 Å². The van der Waals surface area contributed by atoms with Crippen molar-refractivity contribution in [2.75, 3.05) is 11.9 Å². The van der Waals surface area contributed by atoms with Crippen LogP contribution in [0.4, 0.5) is 5.69 Å². The maximum absolute atomic E-state index is 5.92. The Kier molecular flexibility index (Phi) is 7.91. The van der Waals surface area contributed by atoms with Crippen LogP contribution in [0.3, 0.4) is 0 Å². The van der Waals surface area contributed by atoms with Crippen LogP contribution in [0, 0.1) is 15.4 Å². The van der Waals surface area contributed by atoms with Crippen LogP contribution in [0.15, 0.2) is 53.0 Å². The molecule has 26 heavy (non-hydrogen) atoms. The Balaban J connectivity index is 1.41. The number of nitrogens with one attached hydrogen (secondary N) is 1. The summed E-state index contributed by atoms with van der Waals surface area (Å²) in [5, 5.41) is 3.46. The molecule has 3 rings (SSSR count). The zero-order valence-electron chi connectivity index (χ0n) is 14.6. The topological polar surface area (TPSA) is 21.3 Å². The Morgan fingerprint density at radius 3 is 2.54 bits per heavy atom. The van der Waals surface area contributed by atoms with Crippen molar-refractivity contribution in [3.05, 3.63) is 62.1 Å². The molecule has 1 fully saturated rings. The molecule has 1 saturated carbocycles. The lowest BCUT2D eigenvalue weighted by molar-refractivity contribution is 0.0711. The first-order valence-corrected chi connectivity index (χ1v) is 11.3. The number of hydrogen-bond donors (Lipinski definition) is 1. The van der Waals surface area contributed by atoms with Crippen LogP contribution >= 0.6 is 50.7 Å². The van der Waals surface area contributed by atoms with Crippen LogP contribution in [0.2, 0.25) is 0 Å². The largest absolute Gasteiger partial charge is 0.376 e. The molecule has 0 saturated heterocycles. The van der Waals surface area contributed by atoms with Gasteiger partial charge in [-0.25, -0.2) is 0 Å². The fraction of sp³-hybridized carbons (Fsp3) is 0.381. The lowest BCUT2D eigenvalue weighted by atomic mass is 9.82. The van der Waals surface area contributed by atoms with Crippen LogP contribution < -0.4 is 5.32 Å². The van der Waals surface area contributed by atoms with Gasteiger partial charge in [0, 0.05) is 20.6 Å². The van der Waals surface area contributed by atoms with E-state index in [0.29, 0.717) is 18.4 Å². The van der Waals surface area contributed by atoms with Gasteiger partial charge in [-0.15, -0.1) is 0 Å². The number of anilines is 1. The summed E-state index contributed by atoms with van der Waals surface area (Å²) >= 11 is 11.5. The summed E-state index contributed by atoms with van der Waals surface area (Å²) in [6.07, 6.45) is 4.69. The van der Waals surface area contributed by atoms with Gasteiger partial charge in [0.15, 0.2) is 0 Å². The first kappa shape index (κ1) is 20.2. The predicted molar refractivity (Wildman–Crippen MR) is 125 cm³/mol. The summed E-state index contributed by atoms with van der Waals surface area (Å²) < 4.78 is 8.20. The molecule has 0 aliphatic heterocycles. The van der Waals surface area contributed by atoms with E-state index in [1.165, 1.54) is 22.0 Å². The second kappa shape index (κ2) is 10.2. The summed E-state index contributed by atoms with van der Waals surface area (Å²) in [5.41, 5.74) is 2.35. The van der Waals surface area contributed by atoms with Gasteiger partial charge in [0.1, 0.15) is 0 Å². The molecule has 0 unspecified atom stereocenters. The van der Waals surface area contributed by atoms with Crippen LogP contribution in [0.25, 0.3) is 0 Å². The van der Waals surface area contributed by atoms with E-state index in [1.54, 1.807) is 0 Å². The first-order valence-electron chi connectivity index (χ1n) is 8.99. The number of halogens is 2. The fourth-order valence-electron chi connectivity index (χ4n) is 3.33. The van der Waals surface area contributed by atoms with Gasteiger partial charge < -0.3 is 10.1 Å². The molecule has 0 amide bonds. The third-order valence-corrected chi connectivity index (χ3v) is 6.69. The molecule has 138 valence electrons. The molecule has 0 bridgehead atoms. The van der Waals surface area contributed by atoms with Gasteiger partial charge in [-0.3, -0.25) is 0 Å². The zero-order valence-corrected chi connectivity index (χ0v) is 19.1. The van der Waals surface area contributed by atoms with Gasteiger partial charge in [-0.05, 0) is 78.0 Å². The van der Waals surface area contributed by atoms with Crippen LogP contribution in [0.5, 0.6) is 0 Å². The molecule has 2 nitrogen and oxygen atoms in total. The maximum atomic E-state index is 5.92. The van der Waals surface area contributed by atoms with Crippen LogP contribution in [-0.2, 0) is 11.3 Å². The molecule has 0 heterocycles. The van der Waals surface area contributed by atoms with E-state index in [1.807, 2.05) is 12.1 Å². The van der Waals surface area contributed by atoms with Gasteiger partial charge in [-0.1, -0.05) is 58.5 Å². The van der Waals surface area contributed by atoms with Crippen molar-refractivity contribution in [1.29, 1.82) is 0 Å². The summed E-state index contributed by atoms with van der Waals surface area (Å²) in [6.45, 7) is 1.56. The maximum Gasteiger partial charge on any atom is 0.0828 e. The highest BCUT2D eigenvalue weighted by molar-refractivity contribution is 14.1. The molecular formula is C21H23BrINOS. The van der Waals surface area contributed by atoms with Gasteiger partial charge in [0.05, 0.1) is 17.3 Å². The molecule has 1 aliphatic carbocycles. The SMILES string of the molecule is S=C(Nc1ccc(Br)cc1I)C1CCC(COCc2ccccc2)CC1. The second-order valence-corrected chi connectivity index (χ2v) is 9.35. The minimum atomic E-state index is 0.481. The molecule has 1 N–H and O–H groups in total. The number of ether oxygens (including phenoxy) is 1. The van der Waals surface area contributed by atoms with Crippen molar-refractivity contribution in [3.8, 4) is 0 Å². The van der Waals surface area contributed by atoms with E-state index >= 15 is 0 Å². The standard InChI is InChI=1S/C21H23BrINOS/c22-18-10-11-20(19(23)12-18)24-21(26)17-8-6-16(7-9-17)14-25-13-15-4-2-1-3-5-15/h1-5,10-12,16-17H,6-9,13-14H2,(H,24,26). The molecular weight excluding hydrogens is 521 g/mol. The number of rotatable bonds is 6. The number of hydrogen-bond acceptors (Lipinski definition) is 2. The average Bonchev–Trinajstić information content (AvgIpc) is 2.65. The van der Waals surface area contributed by atoms with Crippen molar-refractivity contribution >= 4 is 61.4 Å². The molecule has 2 aromatic rings. The summed E-state index contributed by atoms with van der Waals surface area (Å²) in [4.78, 5) is 0.980. The lowest BCUT2D eigenvalue weighted by Gasteiger charge is -2.29. The molecule has 5 heteroatoms. The molecule has 2 aromatic carbocycles. The highest BCUT2D eigenvalue weighted by Crippen LogP contribution is 2.31. The van der Waals surface area contributed by atoms with Crippen LogP contribution in [0.1, 0.15) is 31.2 Å². The number of benzene rings is 2. The van der Waals surface area contributed by atoms with Crippen molar-refractivity contribution in [1.82, 2.24) is 0 Å². The highest BCUT2D eigenvalue weighted by Gasteiger charge is 2.24. The minimum absolute atomic E-state index is 0.481. The Labute approximate surface area is 183 Å². The van der Waals surface area contributed by atoms with Gasteiger partial charge in [-0.2, -0.15) is 0 Å². The van der Waals surface area contributed by atoms with E-state index in [-0.39, 0.29) is 0 Å². The Morgan fingerprint density at radius 2 is 1.85 bits per heavy atom. The van der Waals surface area contributed by atoms with Gasteiger partial charge >= 0.3 is 0 Å². The predicted octanol–water partition coefficient (Wildman–Crippen LogP) is 6.82. The van der Waals surface area contributed by atoms with Crippen molar-refractivity contribution in [2.45, 2.75) is 32.3 Å². The Bertz CT molecular complexity index is 732. The molecule has 0 spiro atoms. The third kappa shape index (κ3) is 6.01. The second-order valence-electron chi connectivity index (χ2n) is 6.83. The summed E-state index contributed by atoms with van der Waals surface area (Å²) in [7, 11) is 0. The average molecular weight is 544 g/mol. The van der Waals surface area contributed by atoms with Crippen molar-refractivity contribution < 1.29 is 4.74 Å². The zero-order chi connectivity index (χ0) is 18.4. The molecule has 0 aromatic heterocycles. The quantitative estimate of drug-likeness (QED) is 0.319. The van der Waals surface area contributed by atoms with Gasteiger partial charge in [0.25, 0.3) is 0 Å². The lowest BCUT2D eigenvalue weighted by Crippen LogP contribution is -2.27. The van der Waals surface area contributed by atoms with E-state index in [0.717, 1.165) is 34.6 Å². The van der Waals surface area contributed by atoms with Crippen molar-refractivity contribution in [2.24, 2.45) is 11.8 Å². The molecule has 0 atom stereocenters. The highest BCUT2D eigenvalue weighted by atomic mass is 127. The minimum Gasteiger partial charge on any atom is -0.376 e. The third-order valence-electron chi connectivity index (χ3n) is 4.87. The fourth-order valence-corrected chi connectivity index (χ4v) is 5.12. The van der Waals surface area contributed by atoms with E-state index in [2.05, 4.69) is 80.2 Å². The molecule has 0 radical (unpaired) electrons. The van der Waals surface area contributed by atoms with E-state index in [9.17, 15) is 0 Å². The summed E-state index contributed by atoms with van der Waals surface area (Å²) in [6, 6.07) is 16.6. The smallest absolute Gasteiger partial charge is 0.0828 e. The van der Waals surface area contributed by atoms with Crippen LogP contribution in [-0.4, -0.2) is 11.6 Å². The first-order chi connectivity index (χ1) is 12.6. The van der Waals surface area contributed by atoms with E-state index < -0.39 is 0 Å². The normalized spacial score (nSPS) is 19.9.